The number of aliphatic hydroxyl groups excluding tert-OH is 1. The highest BCUT2D eigenvalue weighted by Gasteiger charge is 2.53. The zero-order valence-corrected chi connectivity index (χ0v) is 27.8. The molecule has 5 rings (SSSR count). The standard InChI is InChI=1S/C38H46F2N4O4/c1-4-24(2)38(43-25(3)45)16-17-44(37(38)48)34(15-14-26-10-6-5-7-11-26)36(47)42-33(20-27-18-30(39)22-31(40)19-27)35(46)32-21-28-12-8-9-13-29(28)23-41-32/h5-13,18-19,22,24,32-35,41,46H,4,14-17,20-21,23H2,1-3H3,(H,42,47)(H,43,45)/t24-,32?,33-,34?,35+,38?/m0/s1. The molecule has 10 heteroatoms. The van der Waals surface area contributed by atoms with Gasteiger partial charge in [0.15, 0.2) is 0 Å². The summed E-state index contributed by atoms with van der Waals surface area (Å²) < 4.78 is 28.6. The van der Waals surface area contributed by atoms with Crippen LogP contribution in [0.25, 0.3) is 0 Å². The van der Waals surface area contributed by atoms with E-state index in [2.05, 4.69) is 16.0 Å². The van der Waals surface area contributed by atoms with Gasteiger partial charge >= 0.3 is 0 Å². The van der Waals surface area contributed by atoms with Gasteiger partial charge in [0.2, 0.25) is 17.7 Å². The summed E-state index contributed by atoms with van der Waals surface area (Å²) in [6, 6.07) is 18.4. The predicted molar refractivity (Wildman–Crippen MR) is 180 cm³/mol. The third-order valence-corrected chi connectivity index (χ3v) is 10.1. The Bertz CT molecular complexity index is 1580. The first-order chi connectivity index (χ1) is 23.0. The summed E-state index contributed by atoms with van der Waals surface area (Å²) in [6.07, 6.45) is 1.14. The molecule has 0 radical (unpaired) electrons. The average molecular weight is 661 g/mol. The van der Waals surface area contributed by atoms with Crippen molar-refractivity contribution in [3.05, 3.63) is 107 Å². The van der Waals surface area contributed by atoms with E-state index in [4.69, 9.17) is 0 Å². The molecule has 256 valence electrons. The maximum absolute atomic E-state index is 14.4. The first-order valence-electron chi connectivity index (χ1n) is 16.9. The van der Waals surface area contributed by atoms with Crippen LogP contribution < -0.4 is 16.0 Å². The number of nitrogens with one attached hydrogen (secondary N) is 3. The Morgan fingerprint density at radius 3 is 2.35 bits per heavy atom. The molecule has 3 aromatic carbocycles. The largest absolute Gasteiger partial charge is 0.389 e. The molecular weight excluding hydrogens is 614 g/mol. The Hall–Kier alpha value is -4.15. The molecule has 0 bridgehead atoms. The normalized spacial score (nSPS) is 21.6. The van der Waals surface area contributed by atoms with Gasteiger partial charge in [0.1, 0.15) is 23.2 Å². The van der Waals surface area contributed by atoms with E-state index < -0.39 is 47.3 Å². The highest BCUT2D eigenvalue weighted by molar-refractivity contribution is 5.96. The number of hydrogen-bond donors (Lipinski definition) is 4. The number of halogens is 2. The molecule has 6 atom stereocenters. The van der Waals surface area contributed by atoms with Crippen molar-refractivity contribution in [1.29, 1.82) is 0 Å². The highest BCUT2D eigenvalue weighted by atomic mass is 19.1. The third kappa shape index (κ3) is 7.93. The second-order valence-electron chi connectivity index (χ2n) is 13.3. The number of rotatable bonds is 13. The van der Waals surface area contributed by atoms with Crippen molar-refractivity contribution >= 4 is 17.7 Å². The van der Waals surface area contributed by atoms with Crippen LogP contribution in [0.15, 0.2) is 72.8 Å². The molecule has 2 heterocycles. The first kappa shape index (κ1) is 35.2. The van der Waals surface area contributed by atoms with Crippen LogP contribution in [0.1, 0.15) is 62.3 Å². The maximum Gasteiger partial charge on any atom is 0.249 e. The van der Waals surface area contributed by atoms with E-state index in [1.165, 1.54) is 19.1 Å². The van der Waals surface area contributed by atoms with Gasteiger partial charge in [-0.2, -0.15) is 0 Å². The zero-order valence-electron chi connectivity index (χ0n) is 27.8. The van der Waals surface area contributed by atoms with E-state index in [-0.39, 0.29) is 36.3 Å². The van der Waals surface area contributed by atoms with Gasteiger partial charge in [-0.15, -0.1) is 0 Å². The maximum atomic E-state index is 14.4. The van der Waals surface area contributed by atoms with Gasteiger partial charge < -0.3 is 26.0 Å². The number of hydrogen-bond acceptors (Lipinski definition) is 5. The van der Waals surface area contributed by atoms with E-state index in [1.54, 1.807) is 4.90 Å². The Morgan fingerprint density at radius 2 is 1.69 bits per heavy atom. The summed E-state index contributed by atoms with van der Waals surface area (Å²) in [4.78, 5) is 42.5. The summed E-state index contributed by atoms with van der Waals surface area (Å²) in [7, 11) is 0. The first-order valence-corrected chi connectivity index (χ1v) is 16.9. The molecule has 4 N–H and O–H groups in total. The van der Waals surface area contributed by atoms with Gasteiger partial charge in [0, 0.05) is 32.1 Å². The lowest BCUT2D eigenvalue weighted by molar-refractivity contribution is -0.144. The number of carbonyl (C=O) groups excluding carboxylic acids is 3. The summed E-state index contributed by atoms with van der Waals surface area (Å²) in [5.41, 5.74) is 2.33. The predicted octanol–water partition coefficient (Wildman–Crippen LogP) is 4.22. The molecule has 48 heavy (non-hydrogen) atoms. The minimum atomic E-state index is -1.14. The van der Waals surface area contributed by atoms with Crippen molar-refractivity contribution in [1.82, 2.24) is 20.9 Å². The number of fused-ring (bicyclic) bond motifs is 1. The molecule has 3 amide bonds. The van der Waals surface area contributed by atoms with Gasteiger partial charge in [0.05, 0.1) is 12.1 Å². The molecule has 0 aliphatic carbocycles. The lowest BCUT2D eigenvalue weighted by atomic mass is 9.81. The molecular formula is C38H46F2N4O4. The van der Waals surface area contributed by atoms with Crippen LogP contribution in [0, 0.1) is 17.6 Å². The molecule has 0 aromatic heterocycles. The second kappa shape index (κ2) is 15.4. The SMILES string of the molecule is CC[C@H](C)C1(NC(C)=O)CCN(C(CCc2ccccc2)C(=O)N[C@@H](Cc2cc(F)cc(F)c2)[C@H](O)C2Cc3ccccc3CN2)C1=O. The number of amides is 3. The summed E-state index contributed by atoms with van der Waals surface area (Å²) in [5, 5.41) is 21.1. The summed E-state index contributed by atoms with van der Waals surface area (Å²) >= 11 is 0. The molecule has 1 fully saturated rings. The minimum absolute atomic E-state index is 0.0382. The van der Waals surface area contributed by atoms with Gasteiger partial charge in [0.25, 0.3) is 0 Å². The van der Waals surface area contributed by atoms with Crippen molar-refractivity contribution in [2.75, 3.05) is 6.54 Å². The van der Waals surface area contributed by atoms with Crippen LogP contribution >= 0.6 is 0 Å². The Labute approximate surface area is 281 Å². The van der Waals surface area contributed by atoms with Crippen molar-refractivity contribution in [3.63, 3.8) is 0 Å². The van der Waals surface area contributed by atoms with Gasteiger partial charge in [-0.3, -0.25) is 14.4 Å². The molecule has 3 aromatic rings. The topological polar surface area (TPSA) is 111 Å². The van der Waals surface area contributed by atoms with Crippen LogP contribution in [0.2, 0.25) is 0 Å². The van der Waals surface area contributed by atoms with E-state index in [1.807, 2.05) is 68.4 Å². The van der Waals surface area contributed by atoms with Crippen LogP contribution in [0.5, 0.6) is 0 Å². The van der Waals surface area contributed by atoms with Crippen LogP contribution in [0.4, 0.5) is 8.78 Å². The number of carbonyl (C=O) groups is 3. The number of aliphatic hydroxyl groups is 1. The fourth-order valence-corrected chi connectivity index (χ4v) is 7.31. The lowest BCUT2D eigenvalue weighted by Crippen LogP contribution is -2.61. The number of aryl methyl sites for hydroxylation is 1. The molecule has 1 saturated heterocycles. The zero-order chi connectivity index (χ0) is 34.4. The van der Waals surface area contributed by atoms with Gasteiger partial charge in [-0.25, -0.2) is 8.78 Å². The quantitative estimate of drug-likeness (QED) is 0.220. The van der Waals surface area contributed by atoms with Crippen LogP contribution in [-0.2, 0) is 40.2 Å². The highest BCUT2D eigenvalue weighted by Crippen LogP contribution is 2.34. The van der Waals surface area contributed by atoms with E-state index in [0.717, 1.165) is 22.8 Å². The fraction of sp³-hybridized carbons (Fsp3) is 0.447. The molecule has 2 aliphatic rings. The van der Waals surface area contributed by atoms with Crippen molar-refractivity contribution in [2.24, 2.45) is 5.92 Å². The molecule has 8 nitrogen and oxygen atoms in total. The van der Waals surface area contributed by atoms with Crippen LogP contribution in [-0.4, -0.2) is 64.0 Å². The minimum Gasteiger partial charge on any atom is -0.389 e. The molecule has 0 saturated carbocycles. The Morgan fingerprint density at radius 1 is 1.02 bits per heavy atom. The van der Waals surface area contributed by atoms with E-state index in [9.17, 15) is 28.3 Å². The fourth-order valence-electron chi connectivity index (χ4n) is 7.31. The lowest BCUT2D eigenvalue weighted by Gasteiger charge is -2.37. The van der Waals surface area contributed by atoms with E-state index >= 15 is 0 Å². The second-order valence-corrected chi connectivity index (χ2v) is 13.3. The van der Waals surface area contributed by atoms with Crippen molar-refractivity contribution in [3.8, 4) is 0 Å². The number of benzene rings is 3. The molecule has 2 aliphatic heterocycles. The van der Waals surface area contributed by atoms with Gasteiger partial charge in [-0.1, -0.05) is 74.9 Å². The summed E-state index contributed by atoms with van der Waals surface area (Å²) in [5.74, 6) is -2.78. The van der Waals surface area contributed by atoms with E-state index in [0.29, 0.717) is 38.6 Å². The monoisotopic (exact) mass is 660 g/mol. The number of likely N-dealkylation sites (tertiary alicyclic amines) is 1. The van der Waals surface area contributed by atoms with Crippen LogP contribution in [0.3, 0.4) is 0 Å². The van der Waals surface area contributed by atoms with Crippen molar-refractivity contribution in [2.45, 2.75) is 95.6 Å². The molecule has 3 unspecified atom stereocenters. The third-order valence-electron chi connectivity index (χ3n) is 10.1. The molecule has 0 spiro atoms. The average Bonchev–Trinajstić information content (AvgIpc) is 3.38. The Balaban J connectivity index is 1.45. The summed E-state index contributed by atoms with van der Waals surface area (Å²) in [6.45, 7) is 6.06. The van der Waals surface area contributed by atoms with Crippen molar-refractivity contribution < 1.29 is 28.3 Å². The Kier molecular flexibility index (Phi) is 11.3. The van der Waals surface area contributed by atoms with Gasteiger partial charge in [-0.05, 0) is 72.4 Å². The number of nitrogens with zero attached hydrogens (tertiary/aromatic N) is 1. The smallest absolute Gasteiger partial charge is 0.249 e.